The minimum Gasteiger partial charge on any atom is -0.493 e. The van der Waals surface area contributed by atoms with Crippen molar-refractivity contribution in [1.82, 2.24) is 9.97 Å². The van der Waals surface area contributed by atoms with Crippen molar-refractivity contribution in [2.24, 2.45) is 0 Å². The van der Waals surface area contributed by atoms with E-state index in [2.05, 4.69) is 9.97 Å². The number of hydrogen-bond donors (Lipinski definition) is 1. The van der Waals surface area contributed by atoms with E-state index >= 15 is 0 Å². The summed E-state index contributed by atoms with van der Waals surface area (Å²) in [5, 5.41) is 9.55. The highest BCUT2D eigenvalue weighted by atomic mass is 16.5. The normalized spacial score (nSPS) is 10.5. The standard InChI is InChI=1S/C18H16N2O5/c1-23-13-8-10(9-14(24-2)17(13)25-3)15-16(18(21)22)20-12-7-5-4-6-11(12)19-15/h4-9H,1-3H3,(H,21,22). The molecular formula is C18H16N2O5. The van der Waals surface area contributed by atoms with Crippen LogP contribution in [0.2, 0.25) is 0 Å². The summed E-state index contributed by atoms with van der Waals surface area (Å²) in [4.78, 5) is 20.4. The predicted molar refractivity (Wildman–Crippen MR) is 91.6 cm³/mol. The molecule has 0 aliphatic carbocycles. The van der Waals surface area contributed by atoms with Crippen LogP contribution in [0, 0.1) is 0 Å². The van der Waals surface area contributed by atoms with Crippen molar-refractivity contribution in [1.29, 1.82) is 0 Å². The largest absolute Gasteiger partial charge is 0.493 e. The number of benzene rings is 2. The lowest BCUT2D eigenvalue weighted by Gasteiger charge is -2.14. The van der Waals surface area contributed by atoms with Gasteiger partial charge in [-0.3, -0.25) is 0 Å². The molecule has 2 aromatic carbocycles. The van der Waals surface area contributed by atoms with Crippen LogP contribution in [0.15, 0.2) is 36.4 Å². The van der Waals surface area contributed by atoms with Crippen molar-refractivity contribution in [3.05, 3.63) is 42.1 Å². The second-order valence-corrected chi connectivity index (χ2v) is 5.13. The van der Waals surface area contributed by atoms with Gasteiger partial charge in [0.25, 0.3) is 0 Å². The highest BCUT2D eigenvalue weighted by molar-refractivity contribution is 5.96. The quantitative estimate of drug-likeness (QED) is 0.763. The molecule has 0 atom stereocenters. The number of carboxylic acid groups (broad SMARTS) is 1. The first-order chi connectivity index (χ1) is 12.1. The van der Waals surface area contributed by atoms with Crippen molar-refractivity contribution in [3.63, 3.8) is 0 Å². The van der Waals surface area contributed by atoms with Crippen molar-refractivity contribution >= 4 is 17.0 Å². The molecule has 0 aliphatic rings. The van der Waals surface area contributed by atoms with Crippen molar-refractivity contribution < 1.29 is 24.1 Å². The molecule has 7 nitrogen and oxygen atoms in total. The molecule has 0 saturated carbocycles. The van der Waals surface area contributed by atoms with Crippen LogP contribution in [0.4, 0.5) is 0 Å². The summed E-state index contributed by atoms with van der Waals surface area (Å²) in [5.74, 6) is 0.0627. The monoisotopic (exact) mass is 340 g/mol. The maximum absolute atomic E-state index is 11.7. The summed E-state index contributed by atoms with van der Waals surface area (Å²) in [6.45, 7) is 0. The van der Waals surface area contributed by atoms with Crippen LogP contribution in [0.5, 0.6) is 17.2 Å². The van der Waals surface area contributed by atoms with E-state index in [9.17, 15) is 9.90 Å². The van der Waals surface area contributed by atoms with Crippen LogP contribution < -0.4 is 14.2 Å². The molecule has 25 heavy (non-hydrogen) atoms. The van der Waals surface area contributed by atoms with Gasteiger partial charge in [-0.05, 0) is 24.3 Å². The predicted octanol–water partition coefficient (Wildman–Crippen LogP) is 3.02. The second kappa shape index (κ2) is 6.64. The van der Waals surface area contributed by atoms with Gasteiger partial charge in [0.2, 0.25) is 5.75 Å². The fraction of sp³-hybridized carbons (Fsp3) is 0.167. The topological polar surface area (TPSA) is 90.8 Å². The van der Waals surface area contributed by atoms with Crippen LogP contribution in [0.25, 0.3) is 22.3 Å². The number of nitrogens with zero attached hydrogens (tertiary/aromatic N) is 2. The van der Waals surface area contributed by atoms with E-state index in [1.54, 1.807) is 30.3 Å². The van der Waals surface area contributed by atoms with Gasteiger partial charge < -0.3 is 19.3 Å². The molecule has 0 amide bonds. The fourth-order valence-corrected chi connectivity index (χ4v) is 2.57. The van der Waals surface area contributed by atoms with E-state index < -0.39 is 5.97 Å². The number of rotatable bonds is 5. The van der Waals surface area contributed by atoms with Crippen molar-refractivity contribution in [3.8, 4) is 28.5 Å². The average Bonchev–Trinajstić information content (AvgIpc) is 2.65. The van der Waals surface area contributed by atoms with Crippen LogP contribution in [-0.2, 0) is 0 Å². The molecule has 1 aromatic heterocycles. The Labute approximate surface area is 143 Å². The Balaban J connectivity index is 2.31. The van der Waals surface area contributed by atoms with Crippen molar-refractivity contribution in [2.75, 3.05) is 21.3 Å². The second-order valence-electron chi connectivity index (χ2n) is 5.13. The maximum atomic E-state index is 11.7. The van der Waals surface area contributed by atoms with Crippen LogP contribution in [0.3, 0.4) is 0 Å². The van der Waals surface area contributed by atoms with E-state index in [0.717, 1.165) is 0 Å². The van der Waals surface area contributed by atoms with Gasteiger partial charge in [-0.15, -0.1) is 0 Å². The summed E-state index contributed by atoms with van der Waals surface area (Å²) >= 11 is 0. The van der Waals surface area contributed by atoms with Gasteiger partial charge in [0.05, 0.1) is 32.4 Å². The lowest BCUT2D eigenvalue weighted by molar-refractivity contribution is 0.0691. The first kappa shape index (κ1) is 16.5. The van der Waals surface area contributed by atoms with E-state index in [-0.39, 0.29) is 11.4 Å². The molecule has 3 rings (SSSR count). The summed E-state index contributed by atoms with van der Waals surface area (Å²) in [7, 11) is 4.48. The third-order valence-electron chi connectivity index (χ3n) is 3.71. The number of fused-ring (bicyclic) bond motifs is 1. The molecule has 0 unspecified atom stereocenters. The Kier molecular flexibility index (Phi) is 4.38. The Morgan fingerprint density at radius 1 is 0.920 bits per heavy atom. The third-order valence-corrected chi connectivity index (χ3v) is 3.71. The molecule has 0 fully saturated rings. The van der Waals surface area contributed by atoms with Gasteiger partial charge in [-0.1, -0.05) is 12.1 Å². The Bertz CT molecular complexity index is 930. The molecule has 0 radical (unpaired) electrons. The number of aromatic carboxylic acids is 1. The molecule has 128 valence electrons. The van der Waals surface area contributed by atoms with Gasteiger partial charge in [0, 0.05) is 5.56 Å². The summed E-state index contributed by atoms with van der Waals surface area (Å²) < 4.78 is 16.0. The van der Waals surface area contributed by atoms with Crippen LogP contribution in [0.1, 0.15) is 10.5 Å². The molecule has 1 heterocycles. The summed E-state index contributed by atoms with van der Waals surface area (Å²) in [5.41, 5.74) is 1.69. The Morgan fingerprint density at radius 2 is 1.48 bits per heavy atom. The molecule has 1 N–H and O–H groups in total. The molecule has 0 aliphatic heterocycles. The number of aromatic nitrogens is 2. The molecule has 0 bridgehead atoms. The van der Waals surface area contributed by atoms with Crippen LogP contribution >= 0.6 is 0 Å². The summed E-state index contributed by atoms with van der Waals surface area (Å²) in [6.07, 6.45) is 0. The average molecular weight is 340 g/mol. The summed E-state index contributed by atoms with van der Waals surface area (Å²) in [6, 6.07) is 10.4. The van der Waals surface area contributed by atoms with Gasteiger partial charge in [0.1, 0.15) is 5.69 Å². The van der Waals surface area contributed by atoms with E-state index in [0.29, 0.717) is 33.8 Å². The minimum absolute atomic E-state index is 0.145. The lowest BCUT2D eigenvalue weighted by Crippen LogP contribution is -2.06. The number of carboxylic acids is 1. The van der Waals surface area contributed by atoms with E-state index in [1.165, 1.54) is 21.3 Å². The lowest BCUT2D eigenvalue weighted by atomic mass is 10.1. The molecular weight excluding hydrogens is 324 g/mol. The third kappa shape index (κ3) is 2.91. The number of carbonyl (C=O) groups is 1. The van der Waals surface area contributed by atoms with E-state index in [1.807, 2.05) is 6.07 Å². The number of methoxy groups -OCH3 is 3. The van der Waals surface area contributed by atoms with Crippen molar-refractivity contribution in [2.45, 2.75) is 0 Å². The number of ether oxygens (including phenoxy) is 3. The first-order valence-corrected chi connectivity index (χ1v) is 7.39. The van der Waals surface area contributed by atoms with E-state index in [4.69, 9.17) is 14.2 Å². The number of para-hydroxylation sites is 2. The van der Waals surface area contributed by atoms with Crippen LogP contribution in [-0.4, -0.2) is 42.4 Å². The zero-order valence-corrected chi connectivity index (χ0v) is 13.9. The smallest absolute Gasteiger partial charge is 0.356 e. The fourth-order valence-electron chi connectivity index (χ4n) is 2.57. The van der Waals surface area contributed by atoms with Gasteiger partial charge >= 0.3 is 5.97 Å². The maximum Gasteiger partial charge on any atom is 0.356 e. The molecule has 0 saturated heterocycles. The molecule has 3 aromatic rings. The first-order valence-electron chi connectivity index (χ1n) is 7.39. The highest BCUT2D eigenvalue weighted by Crippen LogP contribution is 2.41. The van der Waals surface area contributed by atoms with Gasteiger partial charge in [0.15, 0.2) is 17.2 Å². The minimum atomic E-state index is -1.16. The highest BCUT2D eigenvalue weighted by Gasteiger charge is 2.21. The molecule has 0 spiro atoms. The Hall–Kier alpha value is -3.35. The zero-order valence-electron chi connectivity index (χ0n) is 13.9. The van der Waals surface area contributed by atoms with Gasteiger partial charge in [-0.2, -0.15) is 0 Å². The SMILES string of the molecule is COc1cc(-c2nc3ccccc3nc2C(=O)O)cc(OC)c1OC. The number of hydrogen-bond acceptors (Lipinski definition) is 6. The van der Waals surface area contributed by atoms with Gasteiger partial charge in [-0.25, -0.2) is 14.8 Å². The Morgan fingerprint density at radius 3 is 1.96 bits per heavy atom. The molecule has 7 heteroatoms. The zero-order chi connectivity index (χ0) is 18.0.